The number of hydrogen-bond donors (Lipinski definition) is 2. The highest BCUT2D eigenvalue weighted by atomic mass is 127. The van der Waals surface area contributed by atoms with Crippen LogP contribution in [0.3, 0.4) is 0 Å². The fourth-order valence-electron chi connectivity index (χ4n) is 3.62. The van der Waals surface area contributed by atoms with E-state index in [1.54, 1.807) is 20.4 Å². The zero-order valence-electron chi connectivity index (χ0n) is 19.1. The third-order valence-electron chi connectivity index (χ3n) is 5.27. The Hall–Kier alpha value is -2.05. The van der Waals surface area contributed by atoms with Crippen molar-refractivity contribution in [3.8, 4) is 11.5 Å². The average molecular weight is 558 g/mol. The Morgan fingerprint density at radius 2 is 1.97 bits per heavy atom. The van der Waals surface area contributed by atoms with E-state index in [2.05, 4.69) is 33.5 Å². The Morgan fingerprint density at radius 1 is 1.19 bits per heavy atom. The van der Waals surface area contributed by atoms with Crippen LogP contribution in [0, 0.1) is 0 Å². The van der Waals surface area contributed by atoms with Gasteiger partial charge in [-0.2, -0.15) is 0 Å². The lowest BCUT2D eigenvalue weighted by atomic mass is 10.0. The van der Waals surface area contributed by atoms with E-state index >= 15 is 0 Å². The summed E-state index contributed by atoms with van der Waals surface area (Å²) in [7, 11) is 3.32. The first kappa shape index (κ1) is 26.2. The summed E-state index contributed by atoms with van der Waals surface area (Å²) in [5.74, 6) is 2.26. The minimum atomic E-state index is 0. The lowest BCUT2D eigenvalue weighted by molar-refractivity contribution is 0.0179. The predicted molar refractivity (Wildman–Crippen MR) is 136 cm³/mol. The summed E-state index contributed by atoms with van der Waals surface area (Å²) in [6.07, 6.45) is 5.56. The normalized spacial score (nSPS) is 15.5. The molecule has 1 unspecified atom stereocenters. The molecule has 1 aliphatic heterocycles. The number of ether oxygens (including phenoxy) is 3. The zero-order chi connectivity index (χ0) is 21.9. The number of morpholine rings is 1. The van der Waals surface area contributed by atoms with Crippen molar-refractivity contribution < 1.29 is 14.2 Å². The quantitative estimate of drug-likeness (QED) is 0.263. The molecule has 32 heavy (non-hydrogen) atoms. The van der Waals surface area contributed by atoms with Crippen molar-refractivity contribution in [2.24, 2.45) is 4.99 Å². The summed E-state index contributed by atoms with van der Waals surface area (Å²) in [5.41, 5.74) is 1.15. The number of imidazole rings is 1. The number of benzene rings is 1. The molecule has 1 saturated heterocycles. The fourth-order valence-corrected chi connectivity index (χ4v) is 3.62. The molecule has 0 saturated carbocycles. The van der Waals surface area contributed by atoms with Gasteiger partial charge in [0.15, 0.2) is 17.5 Å². The number of aliphatic imine (C=N–C) groups is 1. The van der Waals surface area contributed by atoms with E-state index in [-0.39, 0.29) is 30.0 Å². The first-order valence-corrected chi connectivity index (χ1v) is 10.8. The standard InChI is InChI=1S/C22H34N6O3.HI/c1-4-24-22(25-8-10-27-9-7-23-17-27)26-16-19(28-11-13-31-14-12-28)18-5-6-20(29-2)21(15-18)30-3;/h5-7,9,15,17,19H,4,8,10-14,16H2,1-3H3,(H2,24,25,26);1H. The molecule has 1 fully saturated rings. The maximum atomic E-state index is 5.57. The summed E-state index contributed by atoms with van der Waals surface area (Å²) in [5, 5.41) is 6.75. The Morgan fingerprint density at radius 3 is 2.62 bits per heavy atom. The minimum Gasteiger partial charge on any atom is -0.493 e. The molecule has 9 nitrogen and oxygen atoms in total. The van der Waals surface area contributed by atoms with E-state index in [0.717, 1.165) is 69.0 Å². The maximum Gasteiger partial charge on any atom is 0.191 e. The third kappa shape index (κ3) is 7.52. The molecule has 2 N–H and O–H groups in total. The van der Waals surface area contributed by atoms with Gasteiger partial charge in [-0.3, -0.25) is 9.89 Å². The van der Waals surface area contributed by atoms with Crippen LogP contribution in [0.2, 0.25) is 0 Å². The van der Waals surface area contributed by atoms with Crippen molar-refractivity contribution in [2.45, 2.75) is 19.5 Å². The van der Waals surface area contributed by atoms with Gasteiger partial charge in [0.25, 0.3) is 0 Å². The molecule has 178 valence electrons. The summed E-state index contributed by atoms with van der Waals surface area (Å²) in [4.78, 5) is 11.4. The van der Waals surface area contributed by atoms with Gasteiger partial charge in [0.05, 0.1) is 46.3 Å². The largest absolute Gasteiger partial charge is 0.493 e. The number of aromatic nitrogens is 2. The molecule has 0 spiro atoms. The van der Waals surface area contributed by atoms with Crippen LogP contribution in [0.4, 0.5) is 0 Å². The second-order valence-electron chi connectivity index (χ2n) is 7.23. The van der Waals surface area contributed by atoms with Gasteiger partial charge in [0, 0.05) is 45.1 Å². The highest BCUT2D eigenvalue weighted by Gasteiger charge is 2.24. The van der Waals surface area contributed by atoms with Gasteiger partial charge in [0.1, 0.15) is 0 Å². The number of nitrogens with one attached hydrogen (secondary N) is 2. The lowest BCUT2D eigenvalue weighted by Crippen LogP contribution is -2.42. The summed E-state index contributed by atoms with van der Waals surface area (Å²) >= 11 is 0. The lowest BCUT2D eigenvalue weighted by Gasteiger charge is -2.34. The Labute approximate surface area is 207 Å². The van der Waals surface area contributed by atoms with Crippen molar-refractivity contribution in [1.82, 2.24) is 25.1 Å². The van der Waals surface area contributed by atoms with Crippen molar-refractivity contribution >= 4 is 29.9 Å². The molecule has 1 aromatic heterocycles. The van der Waals surface area contributed by atoms with Crippen LogP contribution in [0.25, 0.3) is 0 Å². The van der Waals surface area contributed by atoms with Crippen LogP contribution in [-0.2, 0) is 11.3 Å². The summed E-state index contributed by atoms with van der Waals surface area (Å²) < 4.78 is 18.5. The van der Waals surface area contributed by atoms with Crippen molar-refractivity contribution in [1.29, 1.82) is 0 Å². The van der Waals surface area contributed by atoms with Crippen LogP contribution >= 0.6 is 24.0 Å². The second-order valence-corrected chi connectivity index (χ2v) is 7.23. The van der Waals surface area contributed by atoms with E-state index in [1.165, 1.54) is 0 Å². The Balaban J connectivity index is 0.00000363. The summed E-state index contributed by atoms with van der Waals surface area (Å²) in [6.45, 7) is 8.30. The number of hydrogen-bond acceptors (Lipinski definition) is 6. The van der Waals surface area contributed by atoms with E-state index in [4.69, 9.17) is 19.2 Å². The van der Waals surface area contributed by atoms with Crippen molar-refractivity contribution in [3.05, 3.63) is 42.5 Å². The molecule has 0 radical (unpaired) electrons. The van der Waals surface area contributed by atoms with E-state index in [0.29, 0.717) is 6.54 Å². The number of methoxy groups -OCH3 is 2. The molecule has 1 atom stereocenters. The number of nitrogens with zero attached hydrogens (tertiary/aromatic N) is 4. The number of rotatable bonds is 10. The van der Waals surface area contributed by atoms with Crippen LogP contribution in [0.15, 0.2) is 41.9 Å². The monoisotopic (exact) mass is 558 g/mol. The third-order valence-corrected chi connectivity index (χ3v) is 5.27. The highest BCUT2D eigenvalue weighted by Crippen LogP contribution is 2.32. The van der Waals surface area contributed by atoms with E-state index in [1.807, 2.05) is 29.2 Å². The van der Waals surface area contributed by atoms with Gasteiger partial charge >= 0.3 is 0 Å². The molecule has 0 aliphatic carbocycles. The Bertz CT molecular complexity index is 812. The SMILES string of the molecule is CCNC(=NCC(c1ccc(OC)c(OC)c1)N1CCOCC1)NCCn1ccnc1.I. The molecule has 2 heterocycles. The average Bonchev–Trinajstić information content (AvgIpc) is 3.33. The smallest absolute Gasteiger partial charge is 0.191 e. The van der Waals surface area contributed by atoms with Crippen LogP contribution in [-0.4, -0.2) is 80.6 Å². The molecule has 0 bridgehead atoms. The van der Waals surface area contributed by atoms with Gasteiger partial charge in [-0.15, -0.1) is 24.0 Å². The second kappa shape index (κ2) is 14.2. The fraction of sp³-hybridized carbons (Fsp3) is 0.545. The van der Waals surface area contributed by atoms with Crippen LogP contribution in [0.1, 0.15) is 18.5 Å². The molecular weight excluding hydrogens is 523 g/mol. The zero-order valence-corrected chi connectivity index (χ0v) is 21.5. The first-order chi connectivity index (χ1) is 15.2. The molecule has 1 aromatic carbocycles. The minimum absolute atomic E-state index is 0. The summed E-state index contributed by atoms with van der Waals surface area (Å²) in [6, 6.07) is 6.22. The van der Waals surface area contributed by atoms with E-state index in [9.17, 15) is 0 Å². The van der Waals surface area contributed by atoms with Gasteiger partial charge in [-0.25, -0.2) is 4.98 Å². The molecule has 0 amide bonds. The number of guanidine groups is 1. The van der Waals surface area contributed by atoms with Crippen LogP contribution < -0.4 is 20.1 Å². The van der Waals surface area contributed by atoms with Gasteiger partial charge in [-0.05, 0) is 24.6 Å². The van der Waals surface area contributed by atoms with Crippen molar-refractivity contribution in [2.75, 3.05) is 60.2 Å². The van der Waals surface area contributed by atoms with Crippen molar-refractivity contribution in [3.63, 3.8) is 0 Å². The molecule has 2 aromatic rings. The van der Waals surface area contributed by atoms with Gasteiger partial charge in [0.2, 0.25) is 0 Å². The topological polar surface area (TPSA) is 85.2 Å². The molecule has 1 aliphatic rings. The first-order valence-electron chi connectivity index (χ1n) is 10.8. The molecule has 3 rings (SSSR count). The van der Waals surface area contributed by atoms with Gasteiger partial charge in [-0.1, -0.05) is 6.07 Å². The van der Waals surface area contributed by atoms with Gasteiger partial charge < -0.3 is 29.4 Å². The van der Waals surface area contributed by atoms with E-state index < -0.39 is 0 Å². The maximum absolute atomic E-state index is 5.57. The molecular formula is C22H35IN6O3. The van der Waals surface area contributed by atoms with Crippen LogP contribution in [0.5, 0.6) is 11.5 Å². The highest BCUT2D eigenvalue weighted by molar-refractivity contribution is 14.0. The predicted octanol–water partition coefficient (Wildman–Crippen LogP) is 2.15. The number of halogens is 1. The Kier molecular flexibility index (Phi) is 11.6. The molecule has 10 heteroatoms.